The lowest BCUT2D eigenvalue weighted by Gasteiger charge is -2.57. The fourth-order valence-corrected chi connectivity index (χ4v) is 6.00. The molecular formula is C27H28N3O+. The highest BCUT2D eigenvalue weighted by atomic mass is 16.5. The number of rotatable bonds is 5. The van der Waals surface area contributed by atoms with Crippen LogP contribution in [0.4, 0.5) is 0 Å². The van der Waals surface area contributed by atoms with E-state index in [0.717, 1.165) is 52.9 Å². The zero-order chi connectivity index (χ0) is 21.4. The highest BCUT2D eigenvalue weighted by molar-refractivity contribution is 5.83. The lowest BCUT2D eigenvalue weighted by molar-refractivity contribution is -0.987. The molecule has 2 bridgehead atoms. The molecule has 0 N–H and O–H groups in total. The Hall–Kier alpha value is -3.16. The van der Waals surface area contributed by atoms with Gasteiger partial charge in [0.05, 0.1) is 37.3 Å². The standard InChI is InChI=1S/C27H28N3O/c1-3-19-17-30(18-22-7-5-4-6-21(22)16-28)13-11-20(19)14-27(30)25-10-12-29-26-15-23(31-2)8-9-24(25)26/h3-10,12,15,19-20,27H,1,11,13-14,17-18H2,2H3/q+1. The third-order valence-electron chi connectivity index (χ3n) is 7.58. The first-order chi connectivity index (χ1) is 15.2. The summed E-state index contributed by atoms with van der Waals surface area (Å²) in [5.74, 6) is 2.05. The topological polar surface area (TPSA) is 45.9 Å². The highest BCUT2D eigenvalue weighted by Gasteiger charge is 2.52. The molecule has 0 amide bonds. The Bertz CT molecular complexity index is 1180. The van der Waals surface area contributed by atoms with E-state index in [1.54, 1.807) is 7.11 Å². The summed E-state index contributed by atoms with van der Waals surface area (Å²) in [4.78, 5) is 4.63. The van der Waals surface area contributed by atoms with Gasteiger partial charge in [0.15, 0.2) is 0 Å². The Labute approximate surface area is 184 Å². The van der Waals surface area contributed by atoms with Crippen molar-refractivity contribution in [2.24, 2.45) is 11.8 Å². The maximum absolute atomic E-state index is 9.69. The maximum atomic E-state index is 9.69. The van der Waals surface area contributed by atoms with Crippen molar-refractivity contribution in [1.29, 1.82) is 5.26 Å². The molecule has 3 aromatic rings. The predicted molar refractivity (Wildman–Crippen MR) is 122 cm³/mol. The Morgan fingerprint density at radius 1 is 1.26 bits per heavy atom. The first-order valence-corrected chi connectivity index (χ1v) is 11.1. The van der Waals surface area contributed by atoms with E-state index in [2.05, 4.69) is 48.0 Å². The van der Waals surface area contributed by atoms with Crippen molar-refractivity contribution < 1.29 is 9.22 Å². The zero-order valence-electron chi connectivity index (χ0n) is 18.0. The van der Waals surface area contributed by atoms with Gasteiger partial charge in [-0.3, -0.25) is 4.98 Å². The zero-order valence-corrected chi connectivity index (χ0v) is 18.0. The summed E-state index contributed by atoms with van der Waals surface area (Å²) in [6, 6.07) is 19.3. The van der Waals surface area contributed by atoms with Gasteiger partial charge in [0.1, 0.15) is 18.3 Å². The second-order valence-corrected chi connectivity index (χ2v) is 9.03. The minimum Gasteiger partial charge on any atom is -0.497 e. The normalized spacial score (nSPS) is 27.0. The average molecular weight is 411 g/mol. The van der Waals surface area contributed by atoms with Crippen LogP contribution < -0.4 is 4.74 Å². The van der Waals surface area contributed by atoms with Gasteiger partial charge >= 0.3 is 0 Å². The number of nitriles is 1. The van der Waals surface area contributed by atoms with E-state index >= 15 is 0 Å². The molecule has 3 fully saturated rings. The van der Waals surface area contributed by atoms with Crippen molar-refractivity contribution in [3.8, 4) is 11.8 Å². The molecule has 4 heterocycles. The van der Waals surface area contributed by atoms with Crippen LogP contribution in [0.2, 0.25) is 0 Å². The largest absolute Gasteiger partial charge is 0.497 e. The van der Waals surface area contributed by atoms with Gasteiger partial charge in [0, 0.05) is 47.5 Å². The van der Waals surface area contributed by atoms with Crippen LogP contribution in [-0.2, 0) is 6.54 Å². The van der Waals surface area contributed by atoms with Crippen molar-refractivity contribution in [2.75, 3.05) is 20.2 Å². The summed E-state index contributed by atoms with van der Waals surface area (Å²) in [6.07, 6.45) is 6.47. The number of nitrogens with zero attached hydrogens (tertiary/aromatic N) is 3. The van der Waals surface area contributed by atoms with Gasteiger partial charge in [0.2, 0.25) is 0 Å². The minimum absolute atomic E-state index is 0.389. The second kappa shape index (κ2) is 7.83. The van der Waals surface area contributed by atoms with Crippen LogP contribution in [0.5, 0.6) is 5.75 Å². The number of quaternary nitrogens is 1. The molecule has 4 unspecified atom stereocenters. The Kier molecular flexibility index (Phi) is 5.00. The van der Waals surface area contributed by atoms with Crippen molar-refractivity contribution in [2.45, 2.75) is 25.4 Å². The number of pyridine rings is 1. The van der Waals surface area contributed by atoms with Crippen LogP contribution in [0.15, 0.2) is 67.4 Å². The lowest BCUT2D eigenvalue weighted by Crippen LogP contribution is -2.62. The first-order valence-electron chi connectivity index (χ1n) is 11.1. The summed E-state index contributed by atoms with van der Waals surface area (Å²) in [6.45, 7) is 7.26. The quantitative estimate of drug-likeness (QED) is 0.418. The molecule has 6 rings (SSSR count). The van der Waals surface area contributed by atoms with Crippen molar-refractivity contribution in [3.63, 3.8) is 0 Å². The fourth-order valence-electron chi connectivity index (χ4n) is 6.00. The molecule has 3 saturated heterocycles. The number of methoxy groups -OCH3 is 1. The molecule has 0 aliphatic carbocycles. The number of hydrogen-bond donors (Lipinski definition) is 0. The van der Waals surface area contributed by atoms with Gasteiger partial charge in [-0.2, -0.15) is 5.26 Å². The Morgan fingerprint density at radius 3 is 2.94 bits per heavy atom. The molecule has 0 saturated carbocycles. The fraction of sp³-hybridized carbons (Fsp3) is 0.333. The molecule has 4 atom stereocenters. The predicted octanol–water partition coefficient (Wildman–Crippen LogP) is 5.40. The summed E-state index contributed by atoms with van der Waals surface area (Å²) < 4.78 is 6.41. The van der Waals surface area contributed by atoms with Crippen LogP contribution in [0.1, 0.15) is 35.6 Å². The molecule has 156 valence electrons. The van der Waals surface area contributed by atoms with Crippen molar-refractivity contribution >= 4 is 10.9 Å². The average Bonchev–Trinajstić information content (AvgIpc) is 2.83. The Morgan fingerprint density at radius 2 is 2.13 bits per heavy atom. The van der Waals surface area contributed by atoms with Crippen LogP contribution in [-0.4, -0.2) is 29.7 Å². The number of hydrogen-bond acceptors (Lipinski definition) is 3. The van der Waals surface area contributed by atoms with Gasteiger partial charge in [-0.15, -0.1) is 6.58 Å². The molecule has 0 radical (unpaired) electrons. The van der Waals surface area contributed by atoms with Crippen LogP contribution in [0.25, 0.3) is 10.9 Å². The molecule has 3 aliphatic heterocycles. The third-order valence-corrected chi connectivity index (χ3v) is 7.58. The molecular weight excluding hydrogens is 382 g/mol. The SMILES string of the molecule is C=CC1C[N+]2(Cc3ccccc3C#N)CCC1CC2c1ccnc2cc(OC)ccc12. The number of piperidine rings is 3. The van der Waals surface area contributed by atoms with Gasteiger partial charge in [-0.1, -0.05) is 24.3 Å². The maximum Gasteiger partial charge on any atom is 0.121 e. The third kappa shape index (κ3) is 3.30. The molecule has 4 heteroatoms. The van der Waals surface area contributed by atoms with E-state index in [9.17, 15) is 5.26 Å². The summed E-state index contributed by atoms with van der Waals surface area (Å²) in [5.41, 5.74) is 4.30. The smallest absolute Gasteiger partial charge is 0.121 e. The van der Waals surface area contributed by atoms with Crippen molar-refractivity contribution in [3.05, 3.63) is 84.1 Å². The monoisotopic (exact) mass is 410 g/mol. The van der Waals surface area contributed by atoms with Crippen molar-refractivity contribution in [1.82, 2.24) is 4.98 Å². The van der Waals surface area contributed by atoms with Crippen LogP contribution in [0, 0.1) is 23.2 Å². The van der Waals surface area contributed by atoms with E-state index in [0.29, 0.717) is 17.9 Å². The highest BCUT2D eigenvalue weighted by Crippen LogP contribution is 2.51. The molecule has 0 spiro atoms. The summed E-state index contributed by atoms with van der Waals surface area (Å²) >= 11 is 0. The first kappa shape index (κ1) is 19.8. The van der Waals surface area contributed by atoms with E-state index in [1.165, 1.54) is 17.4 Å². The minimum atomic E-state index is 0.389. The second-order valence-electron chi connectivity index (χ2n) is 9.03. The molecule has 3 aliphatic rings. The van der Waals surface area contributed by atoms with E-state index in [4.69, 9.17) is 4.74 Å². The number of aromatic nitrogens is 1. The van der Waals surface area contributed by atoms with Crippen LogP contribution >= 0.6 is 0 Å². The van der Waals surface area contributed by atoms with Gasteiger partial charge in [-0.05, 0) is 30.2 Å². The molecule has 1 aromatic heterocycles. The van der Waals surface area contributed by atoms with Gasteiger partial charge < -0.3 is 9.22 Å². The van der Waals surface area contributed by atoms with E-state index in [-0.39, 0.29) is 0 Å². The Balaban J connectivity index is 1.63. The molecule has 2 aromatic carbocycles. The summed E-state index contributed by atoms with van der Waals surface area (Å²) in [5, 5.41) is 10.9. The van der Waals surface area contributed by atoms with E-state index < -0.39 is 0 Å². The van der Waals surface area contributed by atoms with Gasteiger partial charge in [-0.25, -0.2) is 0 Å². The van der Waals surface area contributed by atoms with E-state index in [1.807, 2.05) is 30.5 Å². The number of ether oxygens (including phenoxy) is 1. The molecule has 4 nitrogen and oxygen atoms in total. The number of benzene rings is 2. The molecule has 31 heavy (non-hydrogen) atoms. The van der Waals surface area contributed by atoms with Crippen LogP contribution in [0.3, 0.4) is 0 Å². The number of fused-ring (bicyclic) bond motifs is 4. The summed E-state index contributed by atoms with van der Waals surface area (Å²) in [7, 11) is 1.69. The lowest BCUT2D eigenvalue weighted by atomic mass is 9.71. The van der Waals surface area contributed by atoms with Gasteiger partial charge in [0.25, 0.3) is 0 Å².